The maximum absolute atomic E-state index is 11.5. The highest BCUT2D eigenvalue weighted by Gasteiger charge is 2.17. The Balaban J connectivity index is 2.39. The smallest absolute Gasteiger partial charge is 0.293 e. The van der Waals surface area contributed by atoms with Gasteiger partial charge in [0.1, 0.15) is 5.69 Å². The van der Waals surface area contributed by atoms with Gasteiger partial charge in [0, 0.05) is 30.1 Å². The first kappa shape index (κ1) is 14.3. The van der Waals surface area contributed by atoms with E-state index in [0.717, 1.165) is 0 Å². The molecule has 0 spiro atoms. The molecule has 0 aromatic heterocycles. The number of carbonyl (C=O) groups is 1. The number of hydrogen-bond acceptors (Lipinski definition) is 5. The van der Waals surface area contributed by atoms with Crippen LogP contribution < -0.4 is 16.4 Å². The maximum atomic E-state index is 11.5. The van der Waals surface area contributed by atoms with Crippen molar-refractivity contribution in [3.63, 3.8) is 0 Å². The quantitative estimate of drug-likeness (QED) is 0.453. The minimum Gasteiger partial charge on any atom is -0.399 e. The predicted molar refractivity (Wildman–Crippen MR) is 80.6 cm³/mol. The van der Waals surface area contributed by atoms with Crippen molar-refractivity contribution in [2.24, 2.45) is 0 Å². The van der Waals surface area contributed by atoms with Crippen LogP contribution in [0.4, 0.5) is 22.7 Å². The zero-order valence-corrected chi connectivity index (χ0v) is 11.3. The SMILES string of the molecule is CNC(=O)c1ccc(Nc2cccc(N)c2)c([N+](=O)[O-])c1. The Morgan fingerprint density at radius 3 is 2.62 bits per heavy atom. The van der Waals surface area contributed by atoms with E-state index in [1.807, 2.05) is 0 Å². The first-order valence-corrected chi connectivity index (χ1v) is 6.14. The van der Waals surface area contributed by atoms with E-state index >= 15 is 0 Å². The molecule has 0 atom stereocenters. The van der Waals surface area contributed by atoms with Crippen molar-refractivity contribution in [2.45, 2.75) is 0 Å². The van der Waals surface area contributed by atoms with Crippen LogP contribution in [0, 0.1) is 10.1 Å². The number of nitro groups is 1. The second-order valence-electron chi connectivity index (χ2n) is 4.32. The first-order chi connectivity index (χ1) is 10.0. The van der Waals surface area contributed by atoms with Crippen molar-refractivity contribution in [1.82, 2.24) is 5.32 Å². The third-order valence-electron chi connectivity index (χ3n) is 2.85. The number of nitrogens with two attached hydrogens (primary N) is 1. The van der Waals surface area contributed by atoms with Gasteiger partial charge in [-0.15, -0.1) is 0 Å². The van der Waals surface area contributed by atoms with Gasteiger partial charge in [0.2, 0.25) is 0 Å². The fourth-order valence-electron chi connectivity index (χ4n) is 1.85. The van der Waals surface area contributed by atoms with Gasteiger partial charge in [-0.25, -0.2) is 0 Å². The van der Waals surface area contributed by atoms with E-state index in [4.69, 9.17) is 5.73 Å². The van der Waals surface area contributed by atoms with E-state index in [0.29, 0.717) is 17.1 Å². The normalized spacial score (nSPS) is 9.95. The number of rotatable bonds is 4. The molecule has 7 heteroatoms. The molecular formula is C14H14N4O3. The summed E-state index contributed by atoms with van der Waals surface area (Å²) < 4.78 is 0. The molecule has 21 heavy (non-hydrogen) atoms. The molecule has 2 rings (SSSR count). The Morgan fingerprint density at radius 2 is 2.00 bits per heavy atom. The van der Waals surface area contributed by atoms with Crippen LogP contribution in [0.1, 0.15) is 10.4 Å². The van der Waals surface area contributed by atoms with Gasteiger partial charge in [0.25, 0.3) is 11.6 Å². The van der Waals surface area contributed by atoms with Gasteiger partial charge in [-0.2, -0.15) is 0 Å². The van der Waals surface area contributed by atoms with Crippen LogP contribution in [0.25, 0.3) is 0 Å². The highest BCUT2D eigenvalue weighted by Crippen LogP contribution is 2.29. The van der Waals surface area contributed by atoms with Crippen LogP contribution in [0.15, 0.2) is 42.5 Å². The molecule has 0 saturated carbocycles. The Kier molecular flexibility index (Phi) is 4.03. The standard InChI is InChI=1S/C14H14N4O3/c1-16-14(19)9-5-6-12(13(7-9)18(20)21)17-11-4-2-3-10(15)8-11/h2-8,17H,15H2,1H3,(H,16,19). The molecule has 2 aromatic rings. The summed E-state index contributed by atoms with van der Waals surface area (Å²) in [6.45, 7) is 0. The van der Waals surface area contributed by atoms with Crippen LogP contribution >= 0.6 is 0 Å². The lowest BCUT2D eigenvalue weighted by molar-refractivity contribution is -0.383. The predicted octanol–water partition coefficient (Wildman–Crippen LogP) is 2.28. The number of benzene rings is 2. The number of nitrogens with zero attached hydrogens (tertiary/aromatic N) is 1. The topological polar surface area (TPSA) is 110 Å². The van der Waals surface area contributed by atoms with Crippen LogP contribution in [0.2, 0.25) is 0 Å². The largest absolute Gasteiger partial charge is 0.399 e. The number of amides is 1. The lowest BCUT2D eigenvalue weighted by Gasteiger charge is -2.09. The first-order valence-electron chi connectivity index (χ1n) is 6.14. The van der Waals surface area contributed by atoms with Crippen molar-refractivity contribution in [3.05, 3.63) is 58.1 Å². The molecule has 1 amide bonds. The summed E-state index contributed by atoms with van der Waals surface area (Å²) in [5.41, 5.74) is 7.17. The lowest BCUT2D eigenvalue weighted by Crippen LogP contribution is -2.17. The van der Waals surface area contributed by atoms with E-state index < -0.39 is 4.92 Å². The molecule has 7 nitrogen and oxygen atoms in total. The molecule has 0 aliphatic rings. The van der Waals surface area contributed by atoms with Crippen molar-refractivity contribution >= 4 is 28.7 Å². The van der Waals surface area contributed by atoms with E-state index in [2.05, 4.69) is 10.6 Å². The monoisotopic (exact) mass is 286 g/mol. The summed E-state index contributed by atoms with van der Waals surface area (Å²) in [6, 6.07) is 11.1. The average Bonchev–Trinajstić information content (AvgIpc) is 2.46. The third-order valence-corrected chi connectivity index (χ3v) is 2.85. The third kappa shape index (κ3) is 3.27. The molecule has 0 bridgehead atoms. The number of nitrogens with one attached hydrogen (secondary N) is 2. The molecule has 0 heterocycles. The summed E-state index contributed by atoms with van der Waals surface area (Å²) in [5.74, 6) is -0.381. The van der Waals surface area contributed by atoms with Gasteiger partial charge in [-0.1, -0.05) is 6.07 Å². The Labute approximate surface area is 120 Å². The molecule has 0 fully saturated rings. The molecule has 4 N–H and O–H groups in total. The van der Waals surface area contributed by atoms with Gasteiger partial charge < -0.3 is 16.4 Å². The highest BCUT2D eigenvalue weighted by atomic mass is 16.6. The Hall–Kier alpha value is -3.09. The molecular weight excluding hydrogens is 272 g/mol. The minimum absolute atomic E-state index is 0.182. The van der Waals surface area contributed by atoms with Crippen LogP contribution in [0.5, 0.6) is 0 Å². The van der Waals surface area contributed by atoms with Gasteiger partial charge in [0.05, 0.1) is 4.92 Å². The second-order valence-corrected chi connectivity index (χ2v) is 4.32. The fraction of sp³-hybridized carbons (Fsp3) is 0.0714. The number of anilines is 3. The number of hydrogen-bond donors (Lipinski definition) is 3. The van der Waals surface area contributed by atoms with Gasteiger partial charge in [-0.05, 0) is 30.3 Å². The summed E-state index contributed by atoms with van der Waals surface area (Å²) in [6.07, 6.45) is 0. The molecule has 0 aliphatic carbocycles. The lowest BCUT2D eigenvalue weighted by atomic mass is 10.1. The molecule has 2 aromatic carbocycles. The van der Waals surface area contributed by atoms with Crippen LogP contribution in [0.3, 0.4) is 0 Å². The van der Waals surface area contributed by atoms with E-state index in [9.17, 15) is 14.9 Å². The molecule has 108 valence electrons. The second kappa shape index (κ2) is 5.91. The molecule has 0 saturated heterocycles. The summed E-state index contributed by atoms with van der Waals surface area (Å²) >= 11 is 0. The number of nitrogen functional groups attached to an aromatic ring is 1. The van der Waals surface area contributed by atoms with Crippen LogP contribution in [-0.4, -0.2) is 17.9 Å². The number of nitro benzene ring substituents is 1. The molecule has 0 unspecified atom stereocenters. The van der Waals surface area contributed by atoms with E-state index in [1.165, 1.54) is 25.2 Å². The van der Waals surface area contributed by atoms with Crippen molar-refractivity contribution in [3.8, 4) is 0 Å². The molecule has 0 aliphatic heterocycles. The highest BCUT2D eigenvalue weighted by molar-refractivity contribution is 5.95. The van der Waals surface area contributed by atoms with Gasteiger partial charge in [-0.3, -0.25) is 14.9 Å². The summed E-state index contributed by atoms with van der Waals surface area (Å²) in [4.78, 5) is 22.1. The molecule has 0 radical (unpaired) electrons. The van der Waals surface area contributed by atoms with Crippen molar-refractivity contribution < 1.29 is 9.72 Å². The van der Waals surface area contributed by atoms with Crippen molar-refractivity contribution in [2.75, 3.05) is 18.1 Å². The Morgan fingerprint density at radius 1 is 1.24 bits per heavy atom. The summed E-state index contributed by atoms with van der Waals surface area (Å²) in [5, 5.41) is 16.5. The fourth-order valence-corrected chi connectivity index (χ4v) is 1.85. The van der Waals surface area contributed by atoms with Crippen LogP contribution in [-0.2, 0) is 0 Å². The van der Waals surface area contributed by atoms with Gasteiger partial charge >= 0.3 is 0 Å². The zero-order chi connectivity index (χ0) is 15.4. The Bertz CT molecular complexity index is 700. The van der Waals surface area contributed by atoms with E-state index in [-0.39, 0.29) is 17.2 Å². The zero-order valence-electron chi connectivity index (χ0n) is 11.3. The number of carbonyl (C=O) groups excluding carboxylic acids is 1. The van der Waals surface area contributed by atoms with E-state index in [1.54, 1.807) is 24.3 Å². The summed E-state index contributed by atoms with van der Waals surface area (Å²) in [7, 11) is 1.47. The average molecular weight is 286 g/mol. The maximum Gasteiger partial charge on any atom is 0.293 e. The van der Waals surface area contributed by atoms with Gasteiger partial charge in [0.15, 0.2) is 0 Å². The van der Waals surface area contributed by atoms with Crippen molar-refractivity contribution in [1.29, 1.82) is 0 Å². The minimum atomic E-state index is -0.541.